The molecule has 25 heavy (non-hydrogen) atoms. The summed E-state index contributed by atoms with van der Waals surface area (Å²) in [6.45, 7) is 3.12. The van der Waals surface area contributed by atoms with Crippen LogP contribution in [0.3, 0.4) is 0 Å². The molecule has 0 unspecified atom stereocenters. The van der Waals surface area contributed by atoms with Gasteiger partial charge in [-0.05, 0) is 60.4 Å². The average Bonchev–Trinajstić information content (AvgIpc) is 3.28. The minimum atomic E-state index is -4.25. The van der Waals surface area contributed by atoms with Gasteiger partial charge in [-0.25, -0.2) is 0 Å². The summed E-state index contributed by atoms with van der Waals surface area (Å²) in [6, 6.07) is 16.3. The first kappa shape index (κ1) is 16.6. The summed E-state index contributed by atoms with van der Waals surface area (Å²) >= 11 is 0. The Morgan fingerprint density at radius 1 is 1.00 bits per heavy atom. The van der Waals surface area contributed by atoms with Crippen LogP contribution in [0, 0.1) is 5.41 Å². The smallest absolute Gasteiger partial charge is 0.299 e. The number of benzene rings is 2. The lowest BCUT2D eigenvalue weighted by Crippen LogP contribution is -2.36. The largest absolute Gasteiger partial charge is 0.416 e. The molecule has 1 aliphatic carbocycles. The lowest BCUT2D eigenvalue weighted by atomic mass is 9.89. The molecule has 0 amide bonds. The molecule has 2 aromatic rings. The number of likely N-dealkylation sites (tertiary alicyclic amines) is 1. The van der Waals surface area contributed by atoms with Crippen molar-refractivity contribution in [1.29, 1.82) is 0 Å². The van der Waals surface area contributed by atoms with Crippen molar-refractivity contribution in [1.82, 2.24) is 4.90 Å². The van der Waals surface area contributed by atoms with E-state index in [2.05, 4.69) is 29.2 Å². The fourth-order valence-corrected chi connectivity index (χ4v) is 4.41. The fourth-order valence-electron chi connectivity index (χ4n) is 4.41. The van der Waals surface area contributed by atoms with Crippen LogP contribution >= 0.6 is 0 Å². The van der Waals surface area contributed by atoms with E-state index in [-0.39, 0.29) is 5.41 Å². The molecule has 2 fully saturated rings. The van der Waals surface area contributed by atoms with E-state index in [1.165, 1.54) is 30.5 Å². The maximum atomic E-state index is 12.7. The second-order valence-corrected chi connectivity index (χ2v) is 7.54. The topological polar surface area (TPSA) is 3.24 Å². The van der Waals surface area contributed by atoms with Gasteiger partial charge in [-0.15, -0.1) is 0 Å². The van der Waals surface area contributed by atoms with Gasteiger partial charge in [0.05, 0.1) is 5.56 Å². The first-order chi connectivity index (χ1) is 12.0. The Morgan fingerprint density at radius 2 is 1.72 bits per heavy atom. The molecule has 132 valence electrons. The number of alkyl halides is 3. The van der Waals surface area contributed by atoms with Crippen LogP contribution in [0.5, 0.6) is 0 Å². The first-order valence-electron chi connectivity index (χ1n) is 8.90. The van der Waals surface area contributed by atoms with E-state index in [1.54, 1.807) is 12.1 Å². The SMILES string of the molecule is FC(F)(F)c1ccc([C@H]2C[C@]23CCCN(Cc2ccccc2)C3)cc1. The molecule has 1 saturated heterocycles. The van der Waals surface area contributed by atoms with Crippen molar-refractivity contribution in [3.8, 4) is 0 Å². The third kappa shape index (κ3) is 3.45. The number of hydrogen-bond acceptors (Lipinski definition) is 1. The summed E-state index contributed by atoms with van der Waals surface area (Å²) in [7, 11) is 0. The van der Waals surface area contributed by atoms with Crippen LogP contribution in [0.4, 0.5) is 13.2 Å². The first-order valence-corrected chi connectivity index (χ1v) is 8.90. The van der Waals surface area contributed by atoms with Gasteiger partial charge in [0.15, 0.2) is 0 Å². The number of rotatable bonds is 3. The van der Waals surface area contributed by atoms with E-state index in [0.29, 0.717) is 5.92 Å². The van der Waals surface area contributed by atoms with Crippen LogP contribution in [0.25, 0.3) is 0 Å². The van der Waals surface area contributed by atoms with Gasteiger partial charge in [0.2, 0.25) is 0 Å². The van der Waals surface area contributed by atoms with Gasteiger partial charge in [-0.1, -0.05) is 42.5 Å². The van der Waals surface area contributed by atoms with Crippen molar-refractivity contribution in [2.24, 2.45) is 5.41 Å². The number of hydrogen-bond donors (Lipinski definition) is 0. The molecule has 0 radical (unpaired) electrons. The van der Waals surface area contributed by atoms with Gasteiger partial charge in [-0.2, -0.15) is 13.2 Å². The molecule has 1 spiro atoms. The maximum Gasteiger partial charge on any atom is 0.416 e. The molecule has 2 aromatic carbocycles. The number of halogens is 3. The molecule has 4 heteroatoms. The summed E-state index contributed by atoms with van der Waals surface area (Å²) in [5.74, 6) is 0.411. The Labute approximate surface area is 146 Å². The second-order valence-electron chi connectivity index (χ2n) is 7.54. The van der Waals surface area contributed by atoms with E-state index in [0.717, 1.165) is 31.6 Å². The zero-order chi connectivity index (χ0) is 17.5. The molecule has 1 saturated carbocycles. The predicted molar refractivity (Wildman–Crippen MR) is 92.2 cm³/mol. The fraction of sp³-hybridized carbons (Fsp3) is 0.429. The van der Waals surface area contributed by atoms with E-state index >= 15 is 0 Å². The molecule has 0 bridgehead atoms. The lowest BCUT2D eigenvalue weighted by Gasteiger charge is -2.34. The van der Waals surface area contributed by atoms with Gasteiger partial charge in [-0.3, -0.25) is 4.90 Å². The predicted octanol–water partition coefficient (Wildman–Crippen LogP) is 5.48. The summed E-state index contributed by atoms with van der Waals surface area (Å²) < 4.78 is 38.2. The Hall–Kier alpha value is -1.81. The summed E-state index contributed by atoms with van der Waals surface area (Å²) in [5, 5.41) is 0. The maximum absolute atomic E-state index is 12.7. The molecule has 2 aliphatic rings. The van der Waals surface area contributed by atoms with Crippen molar-refractivity contribution >= 4 is 0 Å². The monoisotopic (exact) mass is 345 g/mol. The molecule has 4 rings (SSSR count). The van der Waals surface area contributed by atoms with Gasteiger partial charge in [0.1, 0.15) is 0 Å². The zero-order valence-electron chi connectivity index (χ0n) is 14.1. The van der Waals surface area contributed by atoms with Crippen LogP contribution in [-0.2, 0) is 12.7 Å². The van der Waals surface area contributed by atoms with Gasteiger partial charge < -0.3 is 0 Å². The molecular weight excluding hydrogens is 323 g/mol. The van der Waals surface area contributed by atoms with Crippen LogP contribution < -0.4 is 0 Å². The third-order valence-corrected chi connectivity index (χ3v) is 5.77. The Morgan fingerprint density at radius 3 is 2.40 bits per heavy atom. The quantitative estimate of drug-likeness (QED) is 0.712. The summed E-state index contributed by atoms with van der Waals surface area (Å²) in [5.41, 5.74) is 2.11. The highest BCUT2D eigenvalue weighted by molar-refractivity contribution is 5.34. The van der Waals surface area contributed by atoms with Gasteiger partial charge >= 0.3 is 6.18 Å². The molecule has 1 aliphatic heterocycles. The van der Waals surface area contributed by atoms with Gasteiger partial charge in [0.25, 0.3) is 0 Å². The van der Waals surface area contributed by atoms with Gasteiger partial charge in [0, 0.05) is 13.1 Å². The molecule has 2 atom stereocenters. The molecule has 0 aromatic heterocycles. The molecule has 0 N–H and O–H groups in total. The number of nitrogens with zero attached hydrogens (tertiary/aromatic N) is 1. The standard InChI is InChI=1S/C21H22F3N/c22-21(23,24)18-9-7-17(8-10-18)19-13-20(19)11-4-12-25(15-20)14-16-5-2-1-3-6-16/h1-3,5-10,19H,4,11-15H2/t19-,20+/m1/s1. The second kappa shape index (κ2) is 6.17. The highest BCUT2D eigenvalue weighted by Crippen LogP contribution is 2.63. The molecule has 1 nitrogen and oxygen atoms in total. The highest BCUT2D eigenvalue weighted by Gasteiger charge is 2.55. The van der Waals surface area contributed by atoms with Crippen LogP contribution in [0.15, 0.2) is 54.6 Å². The van der Waals surface area contributed by atoms with Crippen molar-refractivity contribution in [3.05, 3.63) is 71.3 Å². The Balaban J connectivity index is 1.43. The summed E-state index contributed by atoms with van der Waals surface area (Å²) in [6.07, 6.45) is -0.797. The summed E-state index contributed by atoms with van der Waals surface area (Å²) in [4.78, 5) is 2.50. The van der Waals surface area contributed by atoms with E-state index < -0.39 is 11.7 Å². The normalized spacial score (nSPS) is 26.8. The number of piperidine rings is 1. The van der Waals surface area contributed by atoms with Crippen molar-refractivity contribution in [2.45, 2.75) is 37.9 Å². The van der Waals surface area contributed by atoms with E-state index in [4.69, 9.17) is 0 Å². The average molecular weight is 345 g/mol. The minimum absolute atomic E-state index is 0.271. The van der Waals surface area contributed by atoms with Crippen LogP contribution in [-0.4, -0.2) is 18.0 Å². The highest BCUT2D eigenvalue weighted by atomic mass is 19.4. The van der Waals surface area contributed by atoms with Crippen LogP contribution in [0.1, 0.15) is 41.9 Å². The Bertz CT molecular complexity index is 723. The lowest BCUT2D eigenvalue weighted by molar-refractivity contribution is -0.137. The molecule has 1 heterocycles. The minimum Gasteiger partial charge on any atom is -0.299 e. The zero-order valence-corrected chi connectivity index (χ0v) is 14.1. The molecular formula is C21H22F3N. The van der Waals surface area contributed by atoms with Crippen molar-refractivity contribution in [3.63, 3.8) is 0 Å². The Kier molecular flexibility index (Phi) is 4.11. The van der Waals surface area contributed by atoms with Crippen molar-refractivity contribution < 1.29 is 13.2 Å². The van der Waals surface area contributed by atoms with Crippen LogP contribution in [0.2, 0.25) is 0 Å². The van der Waals surface area contributed by atoms with E-state index in [9.17, 15) is 13.2 Å². The third-order valence-electron chi connectivity index (χ3n) is 5.77. The van der Waals surface area contributed by atoms with E-state index in [1.807, 2.05) is 6.07 Å². The van der Waals surface area contributed by atoms with Crippen molar-refractivity contribution in [2.75, 3.05) is 13.1 Å².